The summed E-state index contributed by atoms with van der Waals surface area (Å²) >= 11 is 0. The maximum atomic E-state index is 12.4. The van der Waals surface area contributed by atoms with E-state index in [0.29, 0.717) is 31.0 Å². The highest BCUT2D eigenvalue weighted by atomic mass is 16.3. The van der Waals surface area contributed by atoms with E-state index in [9.17, 15) is 9.90 Å². The van der Waals surface area contributed by atoms with E-state index in [1.165, 1.54) is 19.3 Å². The fourth-order valence-electron chi connectivity index (χ4n) is 3.62. The molecule has 0 spiro atoms. The van der Waals surface area contributed by atoms with Crippen molar-refractivity contribution in [1.29, 1.82) is 0 Å². The first-order valence-corrected chi connectivity index (χ1v) is 8.15. The predicted octanol–water partition coefficient (Wildman–Crippen LogP) is 1.73. The zero-order valence-electron chi connectivity index (χ0n) is 13.2. The third-order valence-corrected chi connectivity index (χ3v) is 5.32. The van der Waals surface area contributed by atoms with Gasteiger partial charge in [0.25, 0.3) is 0 Å². The van der Waals surface area contributed by atoms with Gasteiger partial charge in [0.15, 0.2) is 0 Å². The average molecular weight is 282 g/mol. The summed E-state index contributed by atoms with van der Waals surface area (Å²) in [5, 5.41) is 9.92. The van der Waals surface area contributed by atoms with Crippen molar-refractivity contribution in [2.24, 2.45) is 11.8 Å². The Bertz CT molecular complexity index is 334. The molecular formula is C16H30N2O2. The van der Waals surface area contributed by atoms with Crippen molar-refractivity contribution in [3.63, 3.8) is 0 Å². The molecule has 116 valence electrons. The highest BCUT2D eigenvalue weighted by Gasteiger charge is 2.30. The van der Waals surface area contributed by atoms with Crippen LogP contribution in [0.2, 0.25) is 0 Å². The van der Waals surface area contributed by atoms with Crippen LogP contribution in [0.5, 0.6) is 0 Å². The number of piperidine rings is 1. The van der Waals surface area contributed by atoms with Gasteiger partial charge in [-0.15, -0.1) is 0 Å². The van der Waals surface area contributed by atoms with E-state index in [0.717, 1.165) is 19.4 Å². The quantitative estimate of drug-likeness (QED) is 0.857. The van der Waals surface area contributed by atoms with Crippen LogP contribution in [0.4, 0.5) is 0 Å². The van der Waals surface area contributed by atoms with Crippen LogP contribution in [0.25, 0.3) is 0 Å². The monoisotopic (exact) mass is 282 g/mol. The number of aliphatic hydroxyl groups is 1. The van der Waals surface area contributed by atoms with Crippen LogP contribution in [0.15, 0.2) is 0 Å². The molecule has 1 aliphatic carbocycles. The number of carbonyl (C=O) groups excluding carboxylic acids is 1. The number of hydrogen-bond acceptors (Lipinski definition) is 3. The summed E-state index contributed by atoms with van der Waals surface area (Å²) < 4.78 is 0. The van der Waals surface area contributed by atoms with E-state index in [4.69, 9.17) is 0 Å². The molecular weight excluding hydrogens is 252 g/mol. The molecule has 0 aromatic heterocycles. The van der Waals surface area contributed by atoms with Gasteiger partial charge in [0.1, 0.15) is 0 Å². The molecule has 1 saturated carbocycles. The molecule has 0 bridgehead atoms. The van der Waals surface area contributed by atoms with E-state index in [1.807, 2.05) is 11.9 Å². The number of rotatable bonds is 3. The minimum Gasteiger partial charge on any atom is -0.392 e. The first-order valence-electron chi connectivity index (χ1n) is 8.15. The summed E-state index contributed by atoms with van der Waals surface area (Å²) in [6, 6.07) is 0.407. The Balaban J connectivity index is 1.84. The first kappa shape index (κ1) is 15.8. The maximum Gasteiger partial charge on any atom is 0.236 e. The van der Waals surface area contributed by atoms with Crippen molar-refractivity contribution in [1.82, 2.24) is 9.80 Å². The number of carbonyl (C=O) groups is 1. The second-order valence-electron chi connectivity index (χ2n) is 6.90. The molecule has 4 atom stereocenters. The SMILES string of the molecule is CC1CCN(CC(=O)N(C)C2CCCCC2C)CC1O. The van der Waals surface area contributed by atoms with Crippen LogP contribution in [0, 0.1) is 11.8 Å². The van der Waals surface area contributed by atoms with Gasteiger partial charge in [-0.1, -0.05) is 26.7 Å². The molecule has 0 radical (unpaired) electrons. The minimum atomic E-state index is -0.282. The summed E-state index contributed by atoms with van der Waals surface area (Å²) in [6.07, 6.45) is 5.63. The Morgan fingerprint density at radius 1 is 1.20 bits per heavy atom. The van der Waals surface area contributed by atoms with Crippen LogP contribution < -0.4 is 0 Å². The number of likely N-dealkylation sites (tertiary alicyclic amines) is 1. The van der Waals surface area contributed by atoms with Crippen molar-refractivity contribution < 1.29 is 9.90 Å². The van der Waals surface area contributed by atoms with E-state index >= 15 is 0 Å². The van der Waals surface area contributed by atoms with Gasteiger partial charge in [0.05, 0.1) is 12.6 Å². The fourth-order valence-corrected chi connectivity index (χ4v) is 3.62. The molecule has 1 amide bonds. The standard InChI is InChI=1S/C16H30N2O2/c1-12-6-4-5-7-14(12)17(3)16(20)11-18-9-8-13(2)15(19)10-18/h12-15,19H,4-11H2,1-3H3. The normalized spacial score (nSPS) is 35.8. The summed E-state index contributed by atoms with van der Waals surface area (Å²) in [7, 11) is 1.96. The molecule has 1 N–H and O–H groups in total. The minimum absolute atomic E-state index is 0.213. The lowest BCUT2D eigenvalue weighted by Gasteiger charge is -2.39. The second kappa shape index (κ2) is 6.90. The highest BCUT2D eigenvalue weighted by molar-refractivity contribution is 5.78. The van der Waals surface area contributed by atoms with Gasteiger partial charge in [-0.25, -0.2) is 0 Å². The van der Waals surface area contributed by atoms with Crippen molar-refractivity contribution in [3.8, 4) is 0 Å². The number of likely N-dealkylation sites (N-methyl/N-ethyl adjacent to an activating group) is 1. The zero-order valence-corrected chi connectivity index (χ0v) is 13.2. The highest BCUT2D eigenvalue weighted by Crippen LogP contribution is 2.27. The Morgan fingerprint density at radius 3 is 2.55 bits per heavy atom. The number of β-amino-alcohol motifs (C(OH)–C–C–N with tert-alkyl or cyclic N) is 1. The Labute approximate surface area is 123 Å². The van der Waals surface area contributed by atoms with E-state index < -0.39 is 0 Å². The Kier molecular flexibility index (Phi) is 5.44. The summed E-state index contributed by atoms with van der Waals surface area (Å²) in [4.78, 5) is 16.5. The largest absolute Gasteiger partial charge is 0.392 e. The van der Waals surface area contributed by atoms with E-state index in [1.54, 1.807) is 0 Å². The van der Waals surface area contributed by atoms with Crippen LogP contribution in [0.3, 0.4) is 0 Å². The van der Waals surface area contributed by atoms with E-state index in [-0.39, 0.29) is 12.0 Å². The zero-order chi connectivity index (χ0) is 14.7. The van der Waals surface area contributed by atoms with Crippen molar-refractivity contribution >= 4 is 5.91 Å². The first-order chi connectivity index (χ1) is 9.49. The third-order valence-electron chi connectivity index (χ3n) is 5.32. The van der Waals surface area contributed by atoms with Gasteiger partial charge in [-0.05, 0) is 37.6 Å². The molecule has 1 aliphatic heterocycles. The van der Waals surface area contributed by atoms with Gasteiger partial charge < -0.3 is 10.0 Å². The van der Waals surface area contributed by atoms with Gasteiger partial charge in [0.2, 0.25) is 5.91 Å². The van der Waals surface area contributed by atoms with Crippen molar-refractivity contribution in [2.45, 2.75) is 58.1 Å². The Morgan fingerprint density at radius 2 is 1.90 bits per heavy atom. The van der Waals surface area contributed by atoms with Crippen molar-refractivity contribution in [3.05, 3.63) is 0 Å². The molecule has 2 aliphatic rings. The smallest absolute Gasteiger partial charge is 0.236 e. The molecule has 1 saturated heterocycles. The molecule has 2 fully saturated rings. The number of hydrogen-bond donors (Lipinski definition) is 1. The molecule has 0 aromatic carbocycles. The average Bonchev–Trinajstić information content (AvgIpc) is 2.42. The van der Waals surface area contributed by atoms with Crippen LogP contribution in [-0.2, 0) is 4.79 Å². The lowest BCUT2D eigenvalue weighted by Crippen LogP contribution is -2.50. The molecule has 4 unspecified atom stereocenters. The number of nitrogens with zero attached hydrogens (tertiary/aromatic N) is 2. The maximum absolute atomic E-state index is 12.4. The number of amides is 1. The summed E-state index contributed by atoms with van der Waals surface area (Å²) in [5.74, 6) is 1.19. The molecule has 0 aromatic rings. The summed E-state index contributed by atoms with van der Waals surface area (Å²) in [5.41, 5.74) is 0. The predicted molar refractivity (Wildman–Crippen MR) is 80.4 cm³/mol. The Hall–Kier alpha value is -0.610. The second-order valence-corrected chi connectivity index (χ2v) is 6.90. The summed E-state index contributed by atoms with van der Waals surface area (Å²) in [6.45, 7) is 6.38. The lowest BCUT2D eigenvalue weighted by molar-refractivity contribution is -0.135. The van der Waals surface area contributed by atoms with Gasteiger partial charge in [-0.3, -0.25) is 9.69 Å². The fraction of sp³-hybridized carbons (Fsp3) is 0.938. The third kappa shape index (κ3) is 3.73. The van der Waals surface area contributed by atoms with E-state index in [2.05, 4.69) is 18.7 Å². The van der Waals surface area contributed by atoms with Crippen LogP contribution >= 0.6 is 0 Å². The molecule has 4 nitrogen and oxygen atoms in total. The molecule has 20 heavy (non-hydrogen) atoms. The van der Waals surface area contributed by atoms with Crippen LogP contribution in [-0.4, -0.2) is 59.6 Å². The lowest BCUT2D eigenvalue weighted by atomic mass is 9.85. The van der Waals surface area contributed by atoms with Gasteiger partial charge in [0, 0.05) is 19.6 Å². The van der Waals surface area contributed by atoms with Gasteiger partial charge in [-0.2, -0.15) is 0 Å². The molecule has 2 rings (SSSR count). The topological polar surface area (TPSA) is 43.8 Å². The van der Waals surface area contributed by atoms with Gasteiger partial charge >= 0.3 is 0 Å². The van der Waals surface area contributed by atoms with Crippen LogP contribution in [0.1, 0.15) is 46.0 Å². The van der Waals surface area contributed by atoms with Crippen molar-refractivity contribution in [2.75, 3.05) is 26.7 Å². The molecule has 4 heteroatoms. The number of aliphatic hydroxyl groups excluding tert-OH is 1. The molecule has 1 heterocycles.